The molecule has 0 saturated heterocycles. The van der Waals surface area contributed by atoms with Crippen molar-refractivity contribution in [2.45, 2.75) is 13.3 Å². The van der Waals surface area contributed by atoms with E-state index in [-0.39, 0.29) is 0 Å². The van der Waals surface area contributed by atoms with Gasteiger partial charge in [-0.15, -0.1) is 10.2 Å². The number of rotatable bonds is 2. The number of halogens is 1. The van der Waals surface area contributed by atoms with Crippen molar-refractivity contribution in [1.82, 2.24) is 10.2 Å². The summed E-state index contributed by atoms with van der Waals surface area (Å²) in [6.07, 6.45) is 0.911. The Morgan fingerprint density at radius 2 is 2.29 bits per heavy atom. The zero-order valence-corrected chi connectivity index (χ0v) is 9.27. The SMILES string of the molecule is CCc1c(Cl)cccc1-c1nncs1. The summed E-state index contributed by atoms with van der Waals surface area (Å²) in [5, 5.41) is 9.62. The molecule has 2 rings (SSSR count). The van der Waals surface area contributed by atoms with Crippen molar-refractivity contribution in [1.29, 1.82) is 0 Å². The minimum atomic E-state index is 0.806. The van der Waals surface area contributed by atoms with E-state index in [1.54, 1.807) is 5.51 Å². The number of aromatic nitrogens is 2. The fraction of sp³-hybridized carbons (Fsp3) is 0.200. The van der Waals surface area contributed by atoms with Crippen LogP contribution >= 0.6 is 22.9 Å². The summed E-state index contributed by atoms with van der Waals surface area (Å²) >= 11 is 7.64. The fourth-order valence-corrected chi connectivity index (χ4v) is 2.32. The maximum atomic E-state index is 6.10. The molecule has 0 N–H and O–H groups in total. The number of benzene rings is 1. The molecule has 1 aromatic carbocycles. The molecule has 1 aromatic heterocycles. The van der Waals surface area contributed by atoms with Crippen LogP contribution in [-0.4, -0.2) is 10.2 Å². The zero-order chi connectivity index (χ0) is 9.97. The Bertz CT molecular complexity index is 426. The highest BCUT2D eigenvalue weighted by Crippen LogP contribution is 2.29. The lowest BCUT2D eigenvalue weighted by Crippen LogP contribution is -1.88. The van der Waals surface area contributed by atoms with Crippen LogP contribution in [0, 0.1) is 0 Å². The van der Waals surface area contributed by atoms with Crippen molar-refractivity contribution in [2.75, 3.05) is 0 Å². The van der Waals surface area contributed by atoms with Crippen LogP contribution in [0.4, 0.5) is 0 Å². The Kier molecular flexibility index (Phi) is 2.79. The van der Waals surface area contributed by atoms with Gasteiger partial charge in [-0.3, -0.25) is 0 Å². The average Bonchev–Trinajstić information content (AvgIpc) is 2.70. The highest BCUT2D eigenvalue weighted by molar-refractivity contribution is 7.12. The molecule has 0 radical (unpaired) electrons. The molecule has 0 saturated carbocycles. The lowest BCUT2D eigenvalue weighted by molar-refractivity contribution is 1.08. The minimum Gasteiger partial charge on any atom is -0.147 e. The first-order valence-electron chi connectivity index (χ1n) is 4.37. The first-order chi connectivity index (χ1) is 6.83. The number of nitrogens with zero attached hydrogens (tertiary/aromatic N) is 2. The maximum Gasteiger partial charge on any atom is 0.147 e. The van der Waals surface area contributed by atoms with Gasteiger partial charge in [0.2, 0.25) is 0 Å². The van der Waals surface area contributed by atoms with E-state index in [0.29, 0.717) is 0 Å². The molecule has 72 valence electrons. The lowest BCUT2D eigenvalue weighted by Gasteiger charge is -2.05. The Morgan fingerprint density at radius 3 is 2.93 bits per heavy atom. The first kappa shape index (κ1) is 9.62. The number of hydrogen-bond acceptors (Lipinski definition) is 3. The van der Waals surface area contributed by atoms with Gasteiger partial charge in [0.25, 0.3) is 0 Å². The van der Waals surface area contributed by atoms with E-state index in [4.69, 9.17) is 11.6 Å². The Hall–Kier alpha value is -0.930. The van der Waals surface area contributed by atoms with E-state index in [1.807, 2.05) is 18.2 Å². The zero-order valence-electron chi connectivity index (χ0n) is 7.70. The standard InChI is InChI=1S/C10H9ClN2S/c1-2-7-8(4-3-5-9(7)11)10-13-12-6-14-10/h3-6H,2H2,1H3. The van der Waals surface area contributed by atoms with E-state index in [1.165, 1.54) is 11.3 Å². The molecule has 0 aliphatic heterocycles. The molecule has 0 fully saturated rings. The molecular weight excluding hydrogens is 216 g/mol. The molecule has 1 heterocycles. The molecule has 0 bridgehead atoms. The maximum absolute atomic E-state index is 6.10. The van der Waals surface area contributed by atoms with Gasteiger partial charge in [-0.1, -0.05) is 42.0 Å². The lowest BCUT2D eigenvalue weighted by atomic mass is 10.1. The van der Waals surface area contributed by atoms with Crippen LogP contribution in [0.25, 0.3) is 10.6 Å². The minimum absolute atomic E-state index is 0.806. The molecule has 2 aromatic rings. The van der Waals surface area contributed by atoms with Crippen LogP contribution in [-0.2, 0) is 6.42 Å². The van der Waals surface area contributed by atoms with Crippen molar-refractivity contribution in [2.24, 2.45) is 0 Å². The molecule has 0 atom stereocenters. The molecule has 0 aliphatic rings. The second kappa shape index (κ2) is 4.07. The quantitative estimate of drug-likeness (QED) is 0.781. The van der Waals surface area contributed by atoms with Crippen LogP contribution in [0.15, 0.2) is 23.7 Å². The molecule has 0 aliphatic carbocycles. The van der Waals surface area contributed by atoms with Crippen LogP contribution < -0.4 is 0 Å². The predicted octanol–water partition coefficient (Wildman–Crippen LogP) is 3.42. The van der Waals surface area contributed by atoms with Crippen LogP contribution in [0.3, 0.4) is 0 Å². The summed E-state index contributed by atoms with van der Waals surface area (Å²) in [6.45, 7) is 2.09. The third kappa shape index (κ3) is 1.65. The summed E-state index contributed by atoms with van der Waals surface area (Å²) in [6, 6.07) is 5.88. The fourth-order valence-electron chi connectivity index (χ4n) is 1.41. The van der Waals surface area contributed by atoms with Crippen molar-refractivity contribution >= 4 is 22.9 Å². The third-order valence-corrected chi connectivity index (χ3v) is 3.14. The van der Waals surface area contributed by atoms with Crippen LogP contribution in [0.5, 0.6) is 0 Å². The van der Waals surface area contributed by atoms with E-state index in [9.17, 15) is 0 Å². The van der Waals surface area contributed by atoms with Gasteiger partial charge < -0.3 is 0 Å². The summed E-state index contributed by atoms with van der Waals surface area (Å²) < 4.78 is 0. The molecular formula is C10H9ClN2S. The molecule has 0 amide bonds. The van der Waals surface area contributed by atoms with Crippen molar-refractivity contribution in [3.05, 3.63) is 34.3 Å². The van der Waals surface area contributed by atoms with Crippen molar-refractivity contribution < 1.29 is 0 Å². The van der Waals surface area contributed by atoms with Crippen molar-refractivity contribution in [3.63, 3.8) is 0 Å². The van der Waals surface area contributed by atoms with Gasteiger partial charge in [0.1, 0.15) is 10.5 Å². The highest BCUT2D eigenvalue weighted by atomic mass is 35.5. The summed E-state index contributed by atoms with van der Waals surface area (Å²) in [5.74, 6) is 0. The summed E-state index contributed by atoms with van der Waals surface area (Å²) in [7, 11) is 0. The Morgan fingerprint density at radius 1 is 1.43 bits per heavy atom. The van der Waals surface area contributed by atoms with Gasteiger partial charge in [-0.05, 0) is 18.1 Å². The second-order valence-corrected chi connectivity index (χ2v) is 4.10. The van der Waals surface area contributed by atoms with E-state index in [2.05, 4.69) is 17.1 Å². The monoisotopic (exact) mass is 224 g/mol. The molecule has 2 nitrogen and oxygen atoms in total. The van der Waals surface area contributed by atoms with E-state index >= 15 is 0 Å². The van der Waals surface area contributed by atoms with Crippen LogP contribution in [0.1, 0.15) is 12.5 Å². The highest BCUT2D eigenvalue weighted by Gasteiger charge is 2.09. The topological polar surface area (TPSA) is 25.8 Å². The Labute approximate surface area is 91.6 Å². The average molecular weight is 225 g/mol. The normalized spacial score (nSPS) is 10.4. The van der Waals surface area contributed by atoms with Gasteiger partial charge in [-0.2, -0.15) is 0 Å². The van der Waals surface area contributed by atoms with Crippen molar-refractivity contribution in [3.8, 4) is 10.6 Å². The number of hydrogen-bond donors (Lipinski definition) is 0. The summed E-state index contributed by atoms with van der Waals surface area (Å²) in [5.41, 5.74) is 3.98. The van der Waals surface area contributed by atoms with E-state index in [0.717, 1.165) is 27.6 Å². The predicted molar refractivity (Wildman–Crippen MR) is 59.7 cm³/mol. The van der Waals surface area contributed by atoms with E-state index < -0.39 is 0 Å². The molecule has 0 unspecified atom stereocenters. The summed E-state index contributed by atoms with van der Waals surface area (Å²) in [4.78, 5) is 0. The Balaban J connectivity index is 2.58. The third-order valence-electron chi connectivity index (χ3n) is 2.06. The molecule has 14 heavy (non-hydrogen) atoms. The van der Waals surface area contributed by atoms with Gasteiger partial charge in [0.15, 0.2) is 0 Å². The molecule has 0 spiro atoms. The van der Waals surface area contributed by atoms with Gasteiger partial charge in [-0.25, -0.2) is 0 Å². The van der Waals surface area contributed by atoms with Gasteiger partial charge in [0.05, 0.1) is 0 Å². The first-order valence-corrected chi connectivity index (χ1v) is 5.62. The largest absolute Gasteiger partial charge is 0.147 e. The van der Waals surface area contributed by atoms with Gasteiger partial charge in [0, 0.05) is 10.6 Å². The van der Waals surface area contributed by atoms with Crippen LogP contribution in [0.2, 0.25) is 5.02 Å². The van der Waals surface area contributed by atoms with Gasteiger partial charge >= 0.3 is 0 Å². The second-order valence-electron chi connectivity index (χ2n) is 2.86. The smallest absolute Gasteiger partial charge is 0.147 e. The molecule has 4 heteroatoms.